The third-order valence-electron chi connectivity index (χ3n) is 5.72. The van der Waals surface area contributed by atoms with Gasteiger partial charge in [0.2, 0.25) is 0 Å². The Morgan fingerprint density at radius 1 is 1.00 bits per heavy atom. The van der Waals surface area contributed by atoms with E-state index in [2.05, 4.69) is 47.8 Å². The Labute approximate surface area is 166 Å². The largest absolute Gasteiger partial charge is 0.463 e. The van der Waals surface area contributed by atoms with Crippen LogP contribution in [0.2, 0.25) is 0 Å². The second-order valence-electron chi connectivity index (χ2n) is 8.19. The van der Waals surface area contributed by atoms with Crippen molar-refractivity contribution in [3.05, 3.63) is 25.3 Å². The summed E-state index contributed by atoms with van der Waals surface area (Å²) in [6, 6.07) is 0. The van der Waals surface area contributed by atoms with Crippen LogP contribution in [0.3, 0.4) is 0 Å². The van der Waals surface area contributed by atoms with Gasteiger partial charge in [0.1, 0.15) is 0 Å². The fourth-order valence-corrected chi connectivity index (χ4v) is 3.46. The standard InChI is InChI=1S/C23H40O4/c1-8-12-20(16-23(7,11-4)17-27-22(25)10-3)15-19(6)18(5)13-14-26-21(24)9-2/h9-10,18-20H,2-3,8,11-17H2,1,4-7H3. The average molecular weight is 381 g/mol. The molecule has 0 rings (SSSR count). The molecular weight excluding hydrogens is 340 g/mol. The van der Waals surface area contributed by atoms with Crippen molar-refractivity contribution in [1.29, 1.82) is 0 Å². The predicted octanol–water partition coefficient (Wildman–Crippen LogP) is 5.72. The Bertz CT molecular complexity index is 471. The number of hydrogen-bond acceptors (Lipinski definition) is 4. The van der Waals surface area contributed by atoms with Crippen LogP contribution in [0.15, 0.2) is 25.3 Å². The molecule has 0 saturated heterocycles. The van der Waals surface area contributed by atoms with Gasteiger partial charge in [0, 0.05) is 17.6 Å². The Morgan fingerprint density at radius 2 is 1.59 bits per heavy atom. The van der Waals surface area contributed by atoms with Gasteiger partial charge in [0.25, 0.3) is 0 Å². The van der Waals surface area contributed by atoms with Crippen molar-refractivity contribution in [3.63, 3.8) is 0 Å². The van der Waals surface area contributed by atoms with E-state index >= 15 is 0 Å². The lowest BCUT2D eigenvalue weighted by molar-refractivity contribution is -0.141. The minimum atomic E-state index is -0.355. The van der Waals surface area contributed by atoms with Gasteiger partial charge >= 0.3 is 11.9 Å². The maximum Gasteiger partial charge on any atom is 0.330 e. The first kappa shape index (κ1) is 25.4. The van der Waals surface area contributed by atoms with E-state index in [1.165, 1.54) is 18.6 Å². The molecule has 27 heavy (non-hydrogen) atoms. The topological polar surface area (TPSA) is 52.6 Å². The number of esters is 2. The van der Waals surface area contributed by atoms with Crippen LogP contribution in [0.5, 0.6) is 0 Å². The summed E-state index contributed by atoms with van der Waals surface area (Å²) in [5, 5.41) is 0. The second kappa shape index (κ2) is 13.6. The van der Waals surface area contributed by atoms with Gasteiger partial charge in [-0.1, -0.05) is 60.6 Å². The number of carbonyl (C=O) groups is 2. The number of carbonyl (C=O) groups excluding carboxylic acids is 2. The van der Waals surface area contributed by atoms with E-state index in [0.29, 0.717) is 31.0 Å². The molecule has 0 aliphatic carbocycles. The smallest absolute Gasteiger partial charge is 0.330 e. The number of hydrogen-bond donors (Lipinski definition) is 0. The van der Waals surface area contributed by atoms with Crippen LogP contribution in [-0.4, -0.2) is 25.2 Å². The van der Waals surface area contributed by atoms with Crippen LogP contribution in [-0.2, 0) is 19.1 Å². The molecule has 156 valence electrons. The molecule has 0 radical (unpaired) electrons. The van der Waals surface area contributed by atoms with Crippen molar-refractivity contribution < 1.29 is 19.1 Å². The van der Waals surface area contributed by atoms with E-state index in [4.69, 9.17) is 9.47 Å². The monoisotopic (exact) mass is 380 g/mol. The second-order valence-corrected chi connectivity index (χ2v) is 8.19. The van der Waals surface area contributed by atoms with Gasteiger partial charge in [0.15, 0.2) is 0 Å². The minimum Gasteiger partial charge on any atom is -0.463 e. The molecule has 0 spiro atoms. The quantitative estimate of drug-likeness (QED) is 0.269. The molecule has 0 bridgehead atoms. The molecule has 0 N–H and O–H groups in total. The molecule has 0 amide bonds. The summed E-state index contributed by atoms with van der Waals surface area (Å²) < 4.78 is 10.5. The third kappa shape index (κ3) is 11.0. The van der Waals surface area contributed by atoms with Crippen LogP contribution in [0, 0.1) is 23.2 Å². The molecule has 0 fully saturated rings. The summed E-state index contributed by atoms with van der Waals surface area (Å²) in [6.07, 6.45) is 8.77. The first-order chi connectivity index (χ1) is 12.7. The third-order valence-corrected chi connectivity index (χ3v) is 5.72. The molecule has 4 atom stereocenters. The van der Waals surface area contributed by atoms with E-state index in [-0.39, 0.29) is 17.4 Å². The van der Waals surface area contributed by atoms with E-state index in [1.54, 1.807) is 0 Å². The first-order valence-electron chi connectivity index (χ1n) is 10.3. The van der Waals surface area contributed by atoms with E-state index in [0.717, 1.165) is 32.1 Å². The molecule has 0 aliphatic heterocycles. The van der Waals surface area contributed by atoms with Crippen LogP contribution < -0.4 is 0 Å². The maximum atomic E-state index is 11.4. The normalized spacial score (nSPS) is 16.5. The van der Waals surface area contributed by atoms with E-state index in [9.17, 15) is 9.59 Å². The Balaban J connectivity index is 4.69. The highest BCUT2D eigenvalue weighted by Crippen LogP contribution is 2.36. The molecule has 0 aromatic carbocycles. The van der Waals surface area contributed by atoms with E-state index < -0.39 is 0 Å². The maximum absolute atomic E-state index is 11.4. The summed E-state index contributed by atoms with van der Waals surface area (Å²) in [5.74, 6) is 0.911. The lowest BCUT2D eigenvalue weighted by Gasteiger charge is -2.34. The zero-order valence-corrected chi connectivity index (χ0v) is 18.1. The van der Waals surface area contributed by atoms with Gasteiger partial charge < -0.3 is 9.47 Å². The van der Waals surface area contributed by atoms with Gasteiger partial charge in [-0.15, -0.1) is 0 Å². The zero-order valence-electron chi connectivity index (χ0n) is 18.1. The molecule has 0 heterocycles. The summed E-state index contributed by atoms with van der Waals surface area (Å²) in [5.41, 5.74) is -0.0129. The van der Waals surface area contributed by atoms with Crippen LogP contribution in [0.1, 0.15) is 73.1 Å². The van der Waals surface area contributed by atoms with Crippen molar-refractivity contribution in [3.8, 4) is 0 Å². The summed E-state index contributed by atoms with van der Waals surface area (Å²) >= 11 is 0. The molecule has 4 nitrogen and oxygen atoms in total. The highest BCUT2D eigenvalue weighted by Gasteiger charge is 2.29. The summed E-state index contributed by atoms with van der Waals surface area (Å²) in [7, 11) is 0. The fraction of sp³-hybridized carbons (Fsp3) is 0.739. The van der Waals surface area contributed by atoms with Gasteiger partial charge in [-0.05, 0) is 43.4 Å². The molecule has 0 aliphatic rings. The fourth-order valence-electron chi connectivity index (χ4n) is 3.46. The number of ether oxygens (including phenoxy) is 2. The van der Waals surface area contributed by atoms with Crippen molar-refractivity contribution in [2.24, 2.45) is 23.2 Å². The first-order valence-corrected chi connectivity index (χ1v) is 10.3. The average Bonchev–Trinajstić information content (AvgIpc) is 2.65. The van der Waals surface area contributed by atoms with Crippen LogP contribution in [0.4, 0.5) is 0 Å². The lowest BCUT2D eigenvalue weighted by Crippen LogP contribution is -2.28. The van der Waals surface area contributed by atoms with Gasteiger partial charge in [-0.3, -0.25) is 0 Å². The van der Waals surface area contributed by atoms with Crippen molar-refractivity contribution in [1.82, 2.24) is 0 Å². The molecule has 4 heteroatoms. The van der Waals surface area contributed by atoms with Gasteiger partial charge in [0.05, 0.1) is 13.2 Å². The summed E-state index contributed by atoms with van der Waals surface area (Å²) in [6.45, 7) is 18.8. The molecule has 0 saturated carbocycles. The number of rotatable bonds is 15. The van der Waals surface area contributed by atoms with Gasteiger partial charge in [-0.2, -0.15) is 0 Å². The Morgan fingerprint density at radius 3 is 2.11 bits per heavy atom. The van der Waals surface area contributed by atoms with Gasteiger partial charge in [-0.25, -0.2) is 9.59 Å². The van der Waals surface area contributed by atoms with Crippen LogP contribution in [0.25, 0.3) is 0 Å². The SMILES string of the molecule is C=CC(=O)OCCC(C)C(C)CC(CCC)CC(C)(CC)COC(=O)C=C. The molecule has 0 aromatic rings. The molecule has 4 unspecified atom stereocenters. The minimum absolute atomic E-state index is 0.0129. The Hall–Kier alpha value is -1.58. The highest BCUT2D eigenvalue weighted by molar-refractivity contribution is 5.81. The lowest BCUT2D eigenvalue weighted by atomic mass is 9.74. The predicted molar refractivity (Wildman–Crippen MR) is 111 cm³/mol. The Kier molecular flexibility index (Phi) is 12.8. The van der Waals surface area contributed by atoms with Crippen molar-refractivity contribution >= 4 is 11.9 Å². The van der Waals surface area contributed by atoms with Crippen LogP contribution >= 0.6 is 0 Å². The van der Waals surface area contributed by atoms with Crippen molar-refractivity contribution in [2.45, 2.75) is 73.1 Å². The molecular formula is C23H40O4. The highest BCUT2D eigenvalue weighted by atomic mass is 16.5. The van der Waals surface area contributed by atoms with Crippen molar-refractivity contribution in [2.75, 3.05) is 13.2 Å². The summed E-state index contributed by atoms with van der Waals surface area (Å²) in [4.78, 5) is 22.6. The van der Waals surface area contributed by atoms with E-state index in [1.807, 2.05) is 0 Å². The zero-order chi connectivity index (χ0) is 20.9. The molecule has 0 aromatic heterocycles.